The van der Waals surface area contributed by atoms with Crippen LogP contribution >= 0.6 is 15.9 Å². The lowest BCUT2D eigenvalue weighted by Crippen LogP contribution is -2.32. The Labute approximate surface area is 132 Å². The number of aromatic nitrogens is 2. The van der Waals surface area contributed by atoms with Gasteiger partial charge in [0.1, 0.15) is 5.65 Å². The Morgan fingerprint density at radius 3 is 2.86 bits per heavy atom. The lowest BCUT2D eigenvalue weighted by atomic mass is 10.2. The fraction of sp³-hybridized carbons (Fsp3) is 0.467. The molecule has 0 fully saturated rings. The monoisotopic (exact) mass is 353 g/mol. The highest BCUT2D eigenvalue weighted by Gasteiger charge is 2.12. The first-order valence-corrected chi connectivity index (χ1v) is 7.83. The van der Waals surface area contributed by atoms with Crippen molar-refractivity contribution in [2.75, 3.05) is 13.2 Å². The molecule has 114 valence electrons. The molecule has 0 spiro atoms. The average Bonchev–Trinajstić information content (AvgIpc) is 2.44. The molecule has 2 heterocycles. The number of hydrogen-bond acceptors (Lipinski definition) is 4. The van der Waals surface area contributed by atoms with Gasteiger partial charge in [0.2, 0.25) is 0 Å². The van der Waals surface area contributed by atoms with Crippen LogP contribution in [0.25, 0.3) is 5.65 Å². The Balaban J connectivity index is 2.29. The number of rotatable bonds is 6. The first-order valence-electron chi connectivity index (χ1n) is 7.04. The molecular weight excluding hydrogens is 334 g/mol. The van der Waals surface area contributed by atoms with E-state index < -0.39 is 0 Å². The number of pyridine rings is 1. The highest BCUT2D eigenvalue weighted by molar-refractivity contribution is 9.10. The summed E-state index contributed by atoms with van der Waals surface area (Å²) in [6.07, 6.45) is 2.44. The molecule has 0 unspecified atom stereocenters. The van der Waals surface area contributed by atoms with Gasteiger partial charge >= 0.3 is 0 Å². The SMILES string of the molecule is CC(C)N(CCCO)Cc1cc(=O)n2cc(Br)ccc2n1. The summed E-state index contributed by atoms with van der Waals surface area (Å²) in [5.41, 5.74) is 1.32. The van der Waals surface area contributed by atoms with E-state index in [1.807, 2.05) is 12.1 Å². The Bertz CT molecular complexity index is 670. The molecule has 0 aromatic carbocycles. The second-order valence-corrected chi connectivity index (χ2v) is 6.22. The van der Waals surface area contributed by atoms with Crippen LogP contribution in [0.4, 0.5) is 0 Å². The highest BCUT2D eigenvalue weighted by atomic mass is 79.9. The second-order valence-electron chi connectivity index (χ2n) is 5.30. The van der Waals surface area contributed by atoms with Crippen LogP contribution in [-0.4, -0.2) is 38.6 Å². The largest absolute Gasteiger partial charge is 0.396 e. The minimum atomic E-state index is -0.0813. The maximum Gasteiger partial charge on any atom is 0.258 e. The highest BCUT2D eigenvalue weighted by Crippen LogP contribution is 2.11. The molecule has 0 atom stereocenters. The van der Waals surface area contributed by atoms with Crippen molar-refractivity contribution < 1.29 is 5.11 Å². The van der Waals surface area contributed by atoms with E-state index in [1.54, 1.807) is 12.3 Å². The molecule has 2 rings (SSSR count). The number of hydrogen-bond donors (Lipinski definition) is 1. The predicted molar refractivity (Wildman–Crippen MR) is 86.4 cm³/mol. The van der Waals surface area contributed by atoms with Crippen molar-refractivity contribution in [2.45, 2.75) is 32.9 Å². The van der Waals surface area contributed by atoms with Gasteiger partial charge in [-0.1, -0.05) is 0 Å². The van der Waals surface area contributed by atoms with Gasteiger partial charge in [0.15, 0.2) is 0 Å². The molecule has 5 nitrogen and oxygen atoms in total. The van der Waals surface area contributed by atoms with Crippen molar-refractivity contribution in [3.05, 3.63) is 44.9 Å². The summed E-state index contributed by atoms with van der Waals surface area (Å²) in [6, 6.07) is 5.61. The molecule has 0 saturated heterocycles. The van der Waals surface area contributed by atoms with E-state index in [4.69, 9.17) is 5.11 Å². The number of aliphatic hydroxyl groups is 1. The minimum Gasteiger partial charge on any atom is -0.396 e. The van der Waals surface area contributed by atoms with Gasteiger partial charge in [-0.3, -0.25) is 14.1 Å². The molecule has 6 heteroatoms. The van der Waals surface area contributed by atoms with Crippen LogP contribution in [0, 0.1) is 0 Å². The summed E-state index contributed by atoms with van der Waals surface area (Å²) in [6.45, 7) is 5.77. The zero-order valence-corrected chi connectivity index (χ0v) is 13.9. The Morgan fingerprint density at radius 2 is 2.19 bits per heavy atom. The van der Waals surface area contributed by atoms with E-state index >= 15 is 0 Å². The van der Waals surface area contributed by atoms with E-state index in [0.717, 1.165) is 23.1 Å². The normalized spacial score (nSPS) is 11.7. The Hall–Kier alpha value is -1.24. The maximum absolute atomic E-state index is 12.2. The van der Waals surface area contributed by atoms with Gasteiger partial charge in [0.25, 0.3) is 5.56 Å². The fourth-order valence-electron chi connectivity index (χ4n) is 2.21. The van der Waals surface area contributed by atoms with E-state index in [0.29, 0.717) is 18.2 Å². The molecule has 0 radical (unpaired) electrons. The second kappa shape index (κ2) is 7.15. The molecule has 0 aliphatic heterocycles. The Morgan fingerprint density at radius 1 is 1.43 bits per heavy atom. The molecule has 0 aliphatic rings. The van der Waals surface area contributed by atoms with Gasteiger partial charge in [-0.2, -0.15) is 0 Å². The van der Waals surface area contributed by atoms with Crippen molar-refractivity contribution in [2.24, 2.45) is 0 Å². The molecule has 2 aromatic heterocycles. The third-order valence-electron chi connectivity index (χ3n) is 3.38. The molecule has 0 amide bonds. The maximum atomic E-state index is 12.2. The van der Waals surface area contributed by atoms with Crippen LogP contribution in [0.2, 0.25) is 0 Å². The van der Waals surface area contributed by atoms with E-state index in [9.17, 15) is 4.79 Å². The predicted octanol–water partition coefficient (Wildman–Crippen LogP) is 2.05. The van der Waals surface area contributed by atoms with Gasteiger partial charge in [-0.25, -0.2) is 4.98 Å². The van der Waals surface area contributed by atoms with E-state index in [2.05, 4.69) is 39.7 Å². The zero-order valence-electron chi connectivity index (χ0n) is 12.3. The molecular formula is C15H20BrN3O2. The fourth-order valence-corrected chi connectivity index (χ4v) is 2.55. The summed E-state index contributed by atoms with van der Waals surface area (Å²) in [5, 5.41) is 8.97. The number of halogens is 1. The van der Waals surface area contributed by atoms with Crippen LogP contribution in [0.5, 0.6) is 0 Å². The molecule has 0 aliphatic carbocycles. The third-order valence-corrected chi connectivity index (χ3v) is 3.84. The average molecular weight is 354 g/mol. The summed E-state index contributed by atoms with van der Waals surface area (Å²) in [7, 11) is 0. The van der Waals surface area contributed by atoms with Crippen LogP contribution in [0.15, 0.2) is 33.7 Å². The molecule has 2 aromatic rings. The van der Waals surface area contributed by atoms with Crippen molar-refractivity contribution in [3.63, 3.8) is 0 Å². The van der Waals surface area contributed by atoms with Crippen molar-refractivity contribution in [1.82, 2.24) is 14.3 Å². The summed E-state index contributed by atoms with van der Waals surface area (Å²) < 4.78 is 2.37. The first kappa shape index (κ1) is 16.1. The van der Waals surface area contributed by atoms with Crippen LogP contribution < -0.4 is 5.56 Å². The first-order chi connectivity index (χ1) is 10.0. The van der Waals surface area contributed by atoms with E-state index in [1.165, 1.54) is 4.40 Å². The van der Waals surface area contributed by atoms with Gasteiger partial charge < -0.3 is 5.11 Å². The quantitative estimate of drug-likeness (QED) is 0.863. The van der Waals surface area contributed by atoms with Gasteiger partial charge in [-0.05, 0) is 48.3 Å². The van der Waals surface area contributed by atoms with Crippen LogP contribution in [0.1, 0.15) is 26.0 Å². The standard InChI is InChI=1S/C15H20BrN3O2/c1-11(2)18(6-3-7-20)10-13-8-15(21)19-9-12(16)4-5-14(19)17-13/h4-5,8-9,11,20H,3,6-7,10H2,1-2H3. The smallest absolute Gasteiger partial charge is 0.258 e. The molecule has 0 saturated carbocycles. The lowest BCUT2D eigenvalue weighted by Gasteiger charge is -2.25. The summed E-state index contributed by atoms with van der Waals surface area (Å²) in [4.78, 5) is 18.9. The van der Waals surface area contributed by atoms with Gasteiger partial charge in [0, 0.05) is 42.5 Å². The molecule has 21 heavy (non-hydrogen) atoms. The van der Waals surface area contributed by atoms with Gasteiger partial charge in [-0.15, -0.1) is 0 Å². The van der Waals surface area contributed by atoms with Crippen molar-refractivity contribution in [1.29, 1.82) is 0 Å². The van der Waals surface area contributed by atoms with Crippen LogP contribution in [-0.2, 0) is 6.54 Å². The van der Waals surface area contributed by atoms with Crippen LogP contribution in [0.3, 0.4) is 0 Å². The summed E-state index contributed by atoms with van der Waals surface area (Å²) >= 11 is 3.35. The number of fused-ring (bicyclic) bond motifs is 1. The minimum absolute atomic E-state index is 0.0813. The summed E-state index contributed by atoms with van der Waals surface area (Å²) in [5.74, 6) is 0. The zero-order chi connectivity index (χ0) is 15.4. The Kier molecular flexibility index (Phi) is 5.50. The number of aliphatic hydroxyl groups excluding tert-OH is 1. The van der Waals surface area contributed by atoms with Gasteiger partial charge in [0.05, 0.1) is 5.69 Å². The number of nitrogens with zero attached hydrogens (tertiary/aromatic N) is 3. The topological polar surface area (TPSA) is 57.8 Å². The molecule has 0 bridgehead atoms. The van der Waals surface area contributed by atoms with Crippen molar-refractivity contribution >= 4 is 21.6 Å². The van der Waals surface area contributed by atoms with E-state index in [-0.39, 0.29) is 12.2 Å². The van der Waals surface area contributed by atoms with Crippen molar-refractivity contribution in [3.8, 4) is 0 Å². The lowest BCUT2D eigenvalue weighted by molar-refractivity contribution is 0.183. The molecule has 1 N–H and O–H groups in total. The third kappa shape index (κ3) is 4.12.